The molecule has 1 heterocycles. The van der Waals surface area contributed by atoms with Crippen LogP contribution in [0.3, 0.4) is 0 Å². The van der Waals surface area contributed by atoms with E-state index in [1.54, 1.807) is 12.1 Å². The fourth-order valence-corrected chi connectivity index (χ4v) is 2.70. The fourth-order valence-electron chi connectivity index (χ4n) is 2.41. The van der Waals surface area contributed by atoms with Gasteiger partial charge >= 0.3 is 0 Å². The maximum absolute atomic E-state index is 10.9. The molecule has 1 aromatic heterocycles. The van der Waals surface area contributed by atoms with Crippen LogP contribution in [0.1, 0.15) is 25.7 Å². The van der Waals surface area contributed by atoms with Crippen molar-refractivity contribution in [3.8, 4) is 11.5 Å². The molecule has 3 rings (SSSR count). The third kappa shape index (κ3) is 4.42. The number of nitro benzene ring substituents is 1. The molecule has 0 amide bonds. The summed E-state index contributed by atoms with van der Waals surface area (Å²) in [6.07, 6.45) is 2.14. The van der Waals surface area contributed by atoms with Crippen molar-refractivity contribution in [2.45, 2.75) is 32.4 Å². The van der Waals surface area contributed by atoms with Crippen molar-refractivity contribution in [2.75, 3.05) is 6.54 Å². The van der Waals surface area contributed by atoms with E-state index < -0.39 is 4.92 Å². The van der Waals surface area contributed by atoms with Gasteiger partial charge in [-0.3, -0.25) is 10.1 Å². The number of rotatable bonds is 7. The Labute approximate surface area is 156 Å². The van der Waals surface area contributed by atoms with Crippen LogP contribution < -0.4 is 5.32 Å². The predicted octanol–water partition coefficient (Wildman–Crippen LogP) is 3.06. The van der Waals surface area contributed by atoms with Gasteiger partial charge in [0.05, 0.1) is 11.5 Å². The zero-order chi connectivity index (χ0) is 18.7. The third-order valence-electron chi connectivity index (χ3n) is 3.87. The zero-order valence-corrected chi connectivity index (χ0v) is 15.2. The summed E-state index contributed by atoms with van der Waals surface area (Å²) >= 11 is 5.46. The maximum Gasteiger partial charge on any atom is 0.270 e. The summed E-state index contributed by atoms with van der Waals surface area (Å²) < 4.78 is 5.70. The molecule has 0 spiro atoms. The molecule has 1 saturated carbocycles. The molecule has 26 heavy (non-hydrogen) atoms. The quantitative estimate of drug-likeness (QED) is 0.342. The van der Waals surface area contributed by atoms with E-state index in [1.807, 2.05) is 11.8 Å². The molecule has 136 valence electrons. The highest BCUT2D eigenvalue weighted by molar-refractivity contribution is 7.80. The minimum absolute atomic E-state index is 0.0213. The number of nitro groups is 1. The van der Waals surface area contributed by atoms with Crippen molar-refractivity contribution in [1.29, 1.82) is 0 Å². The van der Waals surface area contributed by atoms with E-state index in [0.29, 0.717) is 35.7 Å². The monoisotopic (exact) mass is 373 g/mol. The van der Waals surface area contributed by atoms with Gasteiger partial charge in [0.1, 0.15) is 0 Å². The van der Waals surface area contributed by atoms with Crippen LogP contribution in [-0.2, 0) is 6.54 Å². The van der Waals surface area contributed by atoms with Crippen molar-refractivity contribution in [3.05, 3.63) is 52.4 Å². The van der Waals surface area contributed by atoms with Crippen molar-refractivity contribution >= 4 is 23.0 Å². The lowest BCUT2D eigenvalue weighted by atomic mass is 10.2. The molecule has 0 aliphatic heterocycles. The number of thiocarbonyl (C=S) groups is 1. The Morgan fingerprint density at radius 2 is 2.27 bits per heavy atom. The van der Waals surface area contributed by atoms with Gasteiger partial charge in [0, 0.05) is 30.3 Å². The topological polar surface area (TPSA) is 97.3 Å². The van der Waals surface area contributed by atoms with E-state index in [1.165, 1.54) is 12.1 Å². The van der Waals surface area contributed by atoms with Crippen LogP contribution in [0.15, 0.2) is 40.8 Å². The lowest BCUT2D eigenvalue weighted by Crippen LogP contribution is -2.41. The second kappa shape index (κ2) is 7.61. The molecular weight excluding hydrogens is 354 g/mol. The molecule has 0 unspecified atom stereocenters. The number of hydrogen-bond acceptors (Lipinski definition) is 6. The molecule has 8 nitrogen and oxygen atoms in total. The first-order chi connectivity index (χ1) is 12.4. The summed E-state index contributed by atoms with van der Waals surface area (Å²) in [5.74, 6) is 0.665. The molecular formula is C17H19N5O3S. The Balaban J connectivity index is 1.72. The minimum atomic E-state index is -0.457. The third-order valence-corrected chi connectivity index (χ3v) is 4.25. The summed E-state index contributed by atoms with van der Waals surface area (Å²) in [5, 5.41) is 22.8. The highest BCUT2D eigenvalue weighted by Crippen LogP contribution is 2.29. The van der Waals surface area contributed by atoms with Gasteiger partial charge in [0.15, 0.2) is 5.11 Å². The fraction of sp³-hybridized carbons (Fsp3) is 0.353. The van der Waals surface area contributed by atoms with Gasteiger partial charge in [-0.15, -0.1) is 10.2 Å². The lowest BCUT2D eigenvalue weighted by Gasteiger charge is -2.24. The molecule has 1 aromatic carbocycles. The molecule has 0 saturated heterocycles. The van der Waals surface area contributed by atoms with Crippen molar-refractivity contribution < 1.29 is 9.34 Å². The molecule has 0 radical (unpaired) electrons. The molecule has 1 aliphatic carbocycles. The van der Waals surface area contributed by atoms with E-state index >= 15 is 0 Å². The van der Waals surface area contributed by atoms with Gasteiger partial charge in [-0.1, -0.05) is 18.2 Å². The normalized spacial score (nSPS) is 13.3. The summed E-state index contributed by atoms with van der Waals surface area (Å²) in [6.45, 7) is 6.80. The smallest absolute Gasteiger partial charge is 0.270 e. The Morgan fingerprint density at radius 3 is 2.92 bits per heavy atom. The van der Waals surface area contributed by atoms with Crippen LogP contribution in [0.2, 0.25) is 0 Å². The van der Waals surface area contributed by atoms with Crippen LogP contribution >= 0.6 is 12.2 Å². The van der Waals surface area contributed by atoms with Crippen LogP contribution in [-0.4, -0.2) is 37.7 Å². The Morgan fingerprint density at radius 1 is 1.50 bits per heavy atom. The summed E-state index contributed by atoms with van der Waals surface area (Å²) in [7, 11) is 0. The van der Waals surface area contributed by atoms with E-state index in [9.17, 15) is 10.1 Å². The van der Waals surface area contributed by atoms with Gasteiger partial charge in [-0.2, -0.15) is 0 Å². The maximum atomic E-state index is 10.9. The number of non-ortho nitro benzene ring substituents is 1. The van der Waals surface area contributed by atoms with Crippen LogP contribution in [0.5, 0.6) is 0 Å². The summed E-state index contributed by atoms with van der Waals surface area (Å²) in [4.78, 5) is 12.5. The van der Waals surface area contributed by atoms with Crippen molar-refractivity contribution in [2.24, 2.45) is 0 Å². The molecule has 2 aromatic rings. The average molecular weight is 373 g/mol. The van der Waals surface area contributed by atoms with Crippen molar-refractivity contribution in [1.82, 2.24) is 20.4 Å². The second-order valence-electron chi connectivity index (χ2n) is 6.28. The van der Waals surface area contributed by atoms with E-state index in [2.05, 4.69) is 22.1 Å². The summed E-state index contributed by atoms with van der Waals surface area (Å²) in [6, 6.07) is 6.48. The first-order valence-electron chi connectivity index (χ1n) is 8.20. The number of nitrogens with zero attached hydrogens (tertiary/aromatic N) is 4. The molecule has 1 fully saturated rings. The number of benzene rings is 1. The Bertz CT molecular complexity index is 846. The molecule has 9 heteroatoms. The highest BCUT2D eigenvalue weighted by Gasteiger charge is 2.32. The Kier molecular flexibility index (Phi) is 5.27. The predicted molar refractivity (Wildman–Crippen MR) is 100 cm³/mol. The first kappa shape index (κ1) is 18.0. The lowest BCUT2D eigenvalue weighted by molar-refractivity contribution is -0.384. The van der Waals surface area contributed by atoms with E-state index in [-0.39, 0.29) is 11.6 Å². The molecule has 1 aliphatic rings. The van der Waals surface area contributed by atoms with Crippen molar-refractivity contribution in [3.63, 3.8) is 0 Å². The van der Waals surface area contributed by atoms with Gasteiger partial charge in [0.2, 0.25) is 11.8 Å². The van der Waals surface area contributed by atoms with E-state index in [0.717, 1.165) is 18.4 Å². The Hall–Kier alpha value is -2.81. The second-order valence-corrected chi connectivity index (χ2v) is 6.67. The SMILES string of the molecule is C=C(C)CNC(=S)N(Cc1nnc(-c2cccc([N+](=O)[O-])c2)o1)C1CC1. The van der Waals surface area contributed by atoms with Crippen LogP contribution in [0.25, 0.3) is 11.5 Å². The first-order valence-corrected chi connectivity index (χ1v) is 8.61. The van der Waals surface area contributed by atoms with Gasteiger partial charge < -0.3 is 14.6 Å². The van der Waals surface area contributed by atoms with Gasteiger partial charge in [-0.25, -0.2) is 0 Å². The average Bonchev–Trinajstić information content (AvgIpc) is 3.35. The summed E-state index contributed by atoms with van der Waals surface area (Å²) in [5.41, 5.74) is 1.49. The van der Waals surface area contributed by atoms with Gasteiger partial charge in [0.25, 0.3) is 5.69 Å². The number of hydrogen-bond donors (Lipinski definition) is 1. The largest absolute Gasteiger partial charge is 0.419 e. The van der Waals surface area contributed by atoms with Gasteiger partial charge in [-0.05, 0) is 38.0 Å². The standard InChI is InChI=1S/C17H19N5O3S/c1-11(2)9-18-17(26)21(13-6-7-13)10-15-19-20-16(25-15)12-4-3-5-14(8-12)22(23)24/h3-5,8,13H,1,6-7,9-10H2,2H3,(H,18,26). The van der Waals surface area contributed by atoms with E-state index in [4.69, 9.17) is 16.6 Å². The van der Waals surface area contributed by atoms with Crippen LogP contribution in [0, 0.1) is 10.1 Å². The number of nitrogens with one attached hydrogen (secondary N) is 1. The molecule has 0 atom stereocenters. The molecule has 0 bridgehead atoms. The number of aromatic nitrogens is 2. The zero-order valence-electron chi connectivity index (χ0n) is 14.3. The minimum Gasteiger partial charge on any atom is -0.419 e. The highest BCUT2D eigenvalue weighted by atomic mass is 32.1. The molecule has 1 N–H and O–H groups in total. The van der Waals surface area contributed by atoms with Crippen LogP contribution in [0.4, 0.5) is 5.69 Å².